The van der Waals surface area contributed by atoms with Crippen molar-refractivity contribution in [3.05, 3.63) is 70.5 Å². The molecule has 1 unspecified atom stereocenters. The first-order valence-electron chi connectivity index (χ1n) is 7.70. The van der Waals surface area contributed by atoms with Crippen LogP contribution in [0.4, 0.5) is 4.39 Å². The Labute approximate surface area is 135 Å². The van der Waals surface area contributed by atoms with Crippen molar-refractivity contribution < 1.29 is 4.39 Å². The molecule has 0 aliphatic carbocycles. The van der Waals surface area contributed by atoms with E-state index >= 15 is 0 Å². The molecule has 1 aliphatic heterocycles. The molecule has 0 amide bonds. The first-order chi connectivity index (χ1) is 10.8. The summed E-state index contributed by atoms with van der Waals surface area (Å²) in [6.45, 7) is 3.80. The summed E-state index contributed by atoms with van der Waals surface area (Å²) in [6, 6.07) is 14.7. The van der Waals surface area contributed by atoms with Crippen LogP contribution in [0.3, 0.4) is 0 Å². The second-order valence-electron chi connectivity index (χ2n) is 5.62. The summed E-state index contributed by atoms with van der Waals surface area (Å²) in [5.74, 6) is -0.153. The molecule has 1 saturated heterocycles. The Bertz CT molecular complexity index is 607. The molecule has 2 aromatic carbocycles. The standard InChI is InChI=1S/C18H20ClFN2/c19-15-8-6-14(7-9-15)18(16-4-1-2-5-17(16)20)22-12-3-10-21-11-13-22/h1-2,4-9,18,21H,3,10-13H2. The van der Waals surface area contributed by atoms with Crippen LogP contribution in [0.15, 0.2) is 48.5 Å². The van der Waals surface area contributed by atoms with Crippen LogP contribution in [0.25, 0.3) is 0 Å². The second-order valence-corrected chi connectivity index (χ2v) is 6.05. The quantitative estimate of drug-likeness (QED) is 0.924. The Morgan fingerprint density at radius 1 is 1.00 bits per heavy atom. The zero-order valence-electron chi connectivity index (χ0n) is 12.4. The van der Waals surface area contributed by atoms with Crippen molar-refractivity contribution in [2.75, 3.05) is 26.2 Å². The third-order valence-electron chi connectivity index (χ3n) is 4.13. The fourth-order valence-corrected chi connectivity index (χ4v) is 3.18. The van der Waals surface area contributed by atoms with E-state index in [0.717, 1.165) is 43.7 Å². The van der Waals surface area contributed by atoms with Crippen molar-refractivity contribution >= 4 is 11.6 Å². The lowest BCUT2D eigenvalue weighted by Gasteiger charge is -2.31. The topological polar surface area (TPSA) is 15.3 Å². The molecule has 0 spiro atoms. The lowest BCUT2D eigenvalue weighted by atomic mass is 9.96. The molecular weight excluding hydrogens is 299 g/mol. The van der Waals surface area contributed by atoms with Crippen LogP contribution in [0, 0.1) is 5.82 Å². The van der Waals surface area contributed by atoms with E-state index in [0.29, 0.717) is 5.02 Å². The van der Waals surface area contributed by atoms with Crippen LogP contribution in [0.2, 0.25) is 5.02 Å². The van der Waals surface area contributed by atoms with Gasteiger partial charge in [-0.3, -0.25) is 4.90 Å². The number of rotatable bonds is 3. The number of nitrogens with zero attached hydrogens (tertiary/aromatic N) is 1. The van der Waals surface area contributed by atoms with Gasteiger partial charge >= 0.3 is 0 Å². The lowest BCUT2D eigenvalue weighted by Crippen LogP contribution is -2.33. The molecule has 0 bridgehead atoms. The summed E-state index contributed by atoms with van der Waals surface area (Å²) in [4.78, 5) is 2.35. The summed E-state index contributed by atoms with van der Waals surface area (Å²) >= 11 is 6.01. The first-order valence-corrected chi connectivity index (χ1v) is 8.08. The highest BCUT2D eigenvalue weighted by Gasteiger charge is 2.25. The number of nitrogens with one attached hydrogen (secondary N) is 1. The lowest BCUT2D eigenvalue weighted by molar-refractivity contribution is 0.237. The summed E-state index contributed by atoms with van der Waals surface area (Å²) < 4.78 is 14.4. The average molecular weight is 319 g/mol. The number of halogens is 2. The van der Waals surface area contributed by atoms with Crippen LogP contribution < -0.4 is 5.32 Å². The second kappa shape index (κ2) is 7.23. The van der Waals surface area contributed by atoms with E-state index in [1.54, 1.807) is 6.07 Å². The third-order valence-corrected chi connectivity index (χ3v) is 4.38. The molecule has 2 nitrogen and oxygen atoms in total. The van der Waals surface area contributed by atoms with Crippen molar-refractivity contribution in [2.24, 2.45) is 0 Å². The van der Waals surface area contributed by atoms with E-state index in [2.05, 4.69) is 10.2 Å². The van der Waals surface area contributed by atoms with Crippen molar-refractivity contribution in [1.82, 2.24) is 10.2 Å². The van der Waals surface area contributed by atoms with E-state index in [1.807, 2.05) is 36.4 Å². The molecule has 4 heteroatoms. The molecule has 0 radical (unpaired) electrons. The Morgan fingerprint density at radius 3 is 2.55 bits per heavy atom. The van der Waals surface area contributed by atoms with Crippen LogP contribution in [-0.2, 0) is 0 Å². The van der Waals surface area contributed by atoms with Gasteiger partial charge in [-0.2, -0.15) is 0 Å². The fraction of sp³-hybridized carbons (Fsp3) is 0.333. The zero-order valence-corrected chi connectivity index (χ0v) is 13.2. The van der Waals surface area contributed by atoms with Gasteiger partial charge < -0.3 is 5.32 Å². The minimum absolute atomic E-state index is 0.0710. The smallest absolute Gasteiger partial charge is 0.128 e. The Balaban J connectivity index is 2.01. The SMILES string of the molecule is Fc1ccccc1C(c1ccc(Cl)cc1)N1CCCNCC1. The molecule has 116 valence electrons. The molecule has 1 aliphatic rings. The van der Waals surface area contributed by atoms with E-state index in [9.17, 15) is 4.39 Å². The summed E-state index contributed by atoms with van der Waals surface area (Å²) in [5.41, 5.74) is 1.81. The van der Waals surface area contributed by atoms with E-state index in [4.69, 9.17) is 11.6 Å². The Kier molecular flexibility index (Phi) is 5.08. The molecule has 2 aromatic rings. The van der Waals surface area contributed by atoms with Gasteiger partial charge in [0.05, 0.1) is 6.04 Å². The predicted molar refractivity (Wildman–Crippen MR) is 88.8 cm³/mol. The molecule has 22 heavy (non-hydrogen) atoms. The summed E-state index contributed by atoms with van der Waals surface area (Å²) in [5, 5.41) is 4.10. The van der Waals surface area contributed by atoms with Crippen molar-refractivity contribution in [3.63, 3.8) is 0 Å². The highest BCUT2D eigenvalue weighted by molar-refractivity contribution is 6.30. The van der Waals surface area contributed by atoms with Gasteiger partial charge in [0.2, 0.25) is 0 Å². The van der Waals surface area contributed by atoms with Crippen LogP contribution in [0.5, 0.6) is 0 Å². The first kappa shape index (κ1) is 15.5. The number of hydrogen-bond acceptors (Lipinski definition) is 2. The van der Waals surface area contributed by atoms with E-state index in [1.165, 1.54) is 6.07 Å². The van der Waals surface area contributed by atoms with Crippen LogP contribution in [-0.4, -0.2) is 31.1 Å². The highest BCUT2D eigenvalue weighted by atomic mass is 35.5. The van der Waals surface area contributed by atoms with Gasteiger partial charge in [0.1, 0.15) is 5.82 Å². The monoisotopic (exact) mass is 318 g/mol. The Hall–Kier alpha value is -1.42. The molecular formula is C18H20ClFN2. The fourth-order valence-electron chi connectivity index (χ4n) is 3.05. The predicted octanol–water partition coefficient (Wildman–Crippen LogP) is 3.86. The van der Waals surface area contributed by atoms with Crippen LogP contribution in [0.1, 0.15) is 23.6 Å². The molecule has 1 atom stereocenters. The summed E-state index contributed by atoms with van der Waals surface area (Å²) in [6.07, 6.45) is 1.07. The highest BCUT2D eigenvalue weighted by Crippen LogP contribution is 2.31. The van der Waals surface area contributed by atoms with Crippen molar-refractivity contribution in [1.29, 1.82) is 0 Å². The van der Waals surface area contributed by atoms with Gasteiger partial charge in [0, 0.05) is 30.2 Å². The minimum Gasteiger partial charge on any atom is -0.315 e. The van der Waals surface area contributed by atoms with Crippen molar-refractivity contribution in [3.8, 4) is 0 Å². The number of benzene rings is 2. The van der Waals surface area contributed by atoms with Gasteiger partial charge in [-0.05, 0) is 36.7 Å². The molecule has 0 saturated carbocycles. The maximum absolute atomic E-state index is 14.4. The summed E-state index contributed by atoms with van der Waals surface area (Å²) in [7, 11) is 0. The van der Waals surface area contributed by atoms with Crippen LogP contribution >= 0.6 is 11.6 Å². The van der Waals surface area contributed by atoms with Gasteiger partial charge in [0.25, 0.3) is 0 Å². The molecule has 1 fully saturated rings. The minimum atomic E-state index is -0.153. The number of hydrogen-bond donors (Lipinski definition) is 1. The maximum atomic E-state index is 14.4. The van der Waals surface area contributed by atoms with E-state index < -0.39 is 0 Å². The average Bonchev–Trinajstić information content (AvgIpc) is 2.80. The van der Waals surface area contributed by atoms with Gasteiger partial charge in [0.15, 0.2) is 0 Å². The molecule has 1 N–H and O–H groups in total. The Morgan fingerprint density at radius 2 is 1.77 bits per heavy atom. The van der Waals surface area contributed by atoms with Gasteiger partial charge in [-0.15, -0.1) is 0 Å². The maximum Gasteiger partial charge on any atom is 0.128 e. The molecule has 0 aromatic heterocycles. The molecule has 3 rings (SSSR count). The molecule has 1 heterocycles. The largest absolute Gasteiger partial charge is 0.315 e. The van der Waals surface area contributed by atoms with Crippen molar-refractivity contribution in [2.45, 2.75) is 12.5 Å². The zero-order chi connectivity index (χ0) is 15.4. The normalized spacial score (nSPS) is 17.9. The van der Waals surface area contributed by atoms with E-state index in [-0.39, 0.29) is 11.9 Å². The van der Waals surface area contributed by atoms with Gasteiger partial charge in [-0.1, -0.05) is 41.9 Å². The third kappa shape index (κ3) is 3.49. The van der Waals surface area contributed by atoms with Gasteiger partial charge in [-0.25, -0.2) is 4.39 Å².